The molecule has 0 radical (unpaired) electrons. The van der Waals surface area contributed by atoms with Gasteiger partial charge in [-0.05, 0) is 37.2 Å². The molecule has 1 aromatic heterocycles. The fraction of sp³-hybridized carbons (Fsp3) is 0.684. The molecular weight excluding hydrogens is 396 g/mol. The highest BCUT2D eigenvalue weighted by atomic mass is 32.1. The van der Waals surface area contributed by atoms with E-state index in [0.717, 1.165) is 11.3 Å². The van der Waals surface area contributed by atoms with E-state index < -0.39 is 30.1 Å². The van der Waals surface area contributed by atoms with Gasteiger partial charge in [0.05, 0.1) is 10.6 Å². The lowest BCUT2D eigenvalue weighted by Gasteiger charge is -2.41. The molecule has 1 heterocycles. The molecule has 2 atom stereocenters. The molecule has 156 valence electrons. The second-order valence-electron chi connectivity index (χ2n) is 7.83. The second kappa shape index (κ2) is 8.00. The molecule has 0 saturated heterocycles. The third kappa shape index (κ3) is 4.85. The number of alkyl halides is 4. The van der Waals surface area contributed by atoms with Gasteiger partial charge >= 0.3 is 0 Å². The monoisotopic (exact) mass is 420 g/mol. The van der Waals surface area contributed by atoms with E-state index in [1.54, 1.807) is 5.38 Å². The largest absolute Gasteiger partial charge is 0.354 e. The third-order valence-corrected chi connectivity index (χ3v) is 6.83. The van der Waals surface area contributed by atoms with Crippen molar-refractivity contribution in [2.45, 2.75) is 56.8 Å². The van der Waals surface area contributed by atoms with Crippen molar-refractivity contribution in [1.82, 2.24) is 5.32 Å². The zero-order chi connectivity index (χ0) is 20.5. The molecule has 4 nitrogen and oxygen atoms in total. The van der Waals surface area contributed by atoms with Gasteiger partial charge in [-0.2, -0.15) is 0 Å². The molecule has 0 unspecified atom stereocenters. The van der Waals surface area contributed by atoms with Crippen LogP contribution in [0, 0.1) is 17.8 Å². The average Bonchev–Trinajstić information content (AvgIpc) is 3.09. The van der Waals surface area contributed by atoms with Gasteiger partial charge in [0.25, 0.3) is 5.91 Å². The van der Waals surface area contributed by atoms with Crippen LogP contribution in [0.1, 0.15) is 54.6 Å². The number of thiophene rings is 1. The number of hydrogen-bond donors (Lipinski definition) is 2. The van der Waals surface area contributed by atoms with E-state index in [0.29, 0.717) is 10.6 Å². The van der Waals surface area contributed by atoms with Gasteiger partial charge in [-0.3, -0.25) is 9.59 Å². The summed E-state index contributed by atoms with van der Waals surface area (Å²) in [5.41, 5.74) is 0.386. The van der Waals surface area contributed by atoms with E-state index in [1.807, 2.05) is 0 Å². The van der Waals surface area contributed by atoms with Crippen LogP contribution in [0.4, 0.5) is 23.2 Å². The number of carbonyl (C=O) groups is 2. The standard InChI is InChI=1S/C19H24F4N2O2S/c1-24-17(27)15-8-12(10-28-15)25-16(26)14-9-19(22,23)7-4-13(14)11-2-5-18(20,21)6-3-11/h8,10-11,13-14H,2-7,9H2,1H3,(H,24,27)(H,25,26)/t13-,14+/m0/s1. The van der Waals surface area contributed by atoms with Crippen molar-refractivity contribution in [2.24, 2.45) is 17.8 Å². The summed E-state index contributed by atoms with van der Waals surface area (Å²) in [6.07, 6.45) is -0.707. The number of carbonyl (C=O) groups excluding carboxylic acids is 2. The normalized spacial score (nSPS) is 27.2. The highest BCUT2D eigenvalue weighted by Gasteiger charge is 2.48. The molecule has 2 fully saturated rings. The number of anilines is 1. The van der Waals surface area contributed by atoms with E-state index in [9.17, 15) is 27.2 Å². The minimum Gasteiger partial charge on any atom is -0.354 e. The highest BCUT2D eigenvalue weighted by Crippen LogP contribution is 2.49. The Bertz CT molecular complexity index is 727. The van der Waals surface area contributed by atoms with Gasteiger partial charge in [0.1, 0.15) is 0 Å². The van der Waals surface area contributed by atoms with Crippen LogP contribution in [0.5, 0.6) is 0 Å². The van der Waals surface area contributed by atoms with Crippen molar-refractivity contribution in [3.05, 3.63) is 16.3 Å². The van der Waals surface area contributed by atoms with Gasteiger partial charge in [0.15, 0.2) is 0 Å². The quantitative estimate of drug-likeness (QED) is 0.679. The van der Waals surface area contributed by atoms with E-state index in [-0.39, 0.29) is 56.3 Å². The maximum Gasteiger partial charge on any atom is 0.261 e. The smallest absolute Gasteiger partial charge is 0.261 e. The summed E-state index contributed by atoms with van der Waals surface area (Å²) in [7, 11) is 1.49. The molecule has 3 rings (SSSR count). The highest BCUT2D eigenvalue weighted by molar-refractivity contribution is 7.12. The molecule has 9 heteroatoms. The Morgan fingerprint density at radius 1 is 1.07 bits per heavy atom. The van der Waals surface area contributed by atoms with Crippen LogP contribution in [-0.4, -0.2) is 30.7 Å². The van der Waals surface area contributed by atoms with Crippen molar-refractivity contribution in [1.29, 1.82) is 0 Å². The molecule has 2 N–H and O–H groups in total. The topological polar surface area (TPSA) is 58.2 Å². The average molecular weight is 420 g/mol. The SMILES string of the molecule is CNC(=O)c1cc(NC(=O)[C@@H]2CC(F)(F)CC[C@H]2C2CCC(F)(F)CC2)cs1. The summed E-state index contributed by atoms with van der Waals surface area (Å²) in [5.74, 6) is -7.84. The molecule has 2 amide bonds. The fourth-order valence-electron chi connectivity index (χ4n) is 4.38. The zero-order valence-corrected chi connectivity index (χ0v) is 16.4. The molecule has 2 saturated carbocycles. The minimum absolute atomic E-state index is 0.143. The zero-order valence-electron chi connectivity index (χ0n) is 15.6. The second-order valence-corrected chi connectivity index (χ2v) is 8.74. The maximum absolute atomic E-state index is 14.0. The Hall–Kier alpha value is -1.64. The molecule has 1 aromatic rings. The van der Waals surface area contributed by atoms with Crippen LogP contribution in [0.25, 0.3) is 0 Å². The predicted molar refractivity (Wildman–Crippen MR) is 99.0 cm³/mol. The minimum atomic E-state index is -2.93. The van der Waals surface area contributed by atoms with Crippen LogP contribution in [0.2, 0.25) is 0 Å². The van der Waals surface area contributed by atoms with E-state index in [2.05, 4.69) is 10.6 Å². The lowest BCUT2D eigenvalue weighted by atomic mass is 9.66. The van der Waals surface area contributed by atoms with Gasteiger partial charge in [-0.25, -0.2) is 17.6 Å². The number of nitrogens with one attached hydrogen (secondary N) is 2. The van der Waals surface area contributed by atoms with Crippen LogP contribution in [0.15, 0.2) is 11.4 Å². The summed E-state index contributed by atoms with van der Waals surface area (Å²) < 4.78 is 55.0. The van der Waals surface area contributed by atoms with Crippen molar-refractivity contribution >= 4 is 28.8 Å². The number of halogens is 4. The van der Waals surface area contributed by atoms with Gasteiger partial charge in [-0.1, -0.05) is 0 Å². The van der Waals surface area contributed by atoms with E-state index in [4.69, 9.17) is 0 Å². The van der Waals surface area contributed by atoms with Crippen molar-refractivity contribution < 1.29 is 27.2 Å². The van der Waals surface area contributed by atoms with Crippen LogP contribution < -0.4 is 10.6 Å². The summed E-state index contributed by atoms with van der Waals surface area (Å²) in [5, 5.41) is 6.70. The lowest BCUT2D eigenvalue weighted by molar-refractivity contribution is -0.136. The van der Waals surface area contributed by atoms with Gasteiger partial charge in [0.2, 0.25) is 17.8 Å². The van der Waals surface area contributed by atoms with Crippen molar-refractivity contribution in [2.75, 3.05) is 12.4 Å². The van der Waals surface area contributed by atoms with E-state index in [1.165, 1.54) is 13.1 Å². The number of rotatable bonds is 4. The number of hydrogen-bond acceptors (Lipinski definition) is 3. The van der Waals surface area contributed by atoms with E-state index >= 15 is 0 Å². The lowest BCUT2D eigenvalue weighted by Crippen LogP contribution is -2.43. The first-order chi connectivity index (χ1) is 13.1. The molecule has 0 aliphatic heterocycles. The molecule has 2 aliphatic carbocycles. The maximum atomic E-state index is 14.0. The molecule has 0 bridgehead atoms. The summed E-state index contributed by atoms with van der Waals surface area (Å²) in [6, 6.07) is 1.50. The number of amides is 2. The first-order valence-electron chi connectivity index (χ1n) is 9.47. The molecule has 2 aliphatic rings. The van der Waals surface area contributed by atoms with Crippen LogP contribution in [0.3, 0.4) is 0 Å². The Labute approximate surface area is 165 Å². The fourth-order valence-corrected chi connectivity index (χ4v) is 5.16. The Morgan fingerprint density at radius 3 is 2.36 bits per heavy atom. The summed E-state index contributed by atoms with van der Waals surface area (Å²) >= 11 is 1.14. The predicted octanol–water partition coefficient (Wildman–Crippen LogP) is 4.92. The van der Waals surface area contributed by atoms with Crippen molar-refractivity contribution in [3.8, 4) is 0 Å². The Balaban J connectivity index is 1.72. The summed E-state index contributed by atoms with van der Waals surface area (Å²) in [4.78, 5) is 24.8. The molecule has 28 heavy (non-hydrogen) atoms. The first kappa shape index (κ1) is 21.1. The summed E-state index contributed by atoms with van der Waals surface area (Å²) in [6.45, 7) is 0. The van der Waals surface area contributed by atoms with Crippen molar-refractivity contribution in [3.63, 3.8) is 0 Å². The van der Waals surface area contributed by atoms with Crippen LogP contribution in [-0.2, 0) is 4.79 Å². The van der Waals surface area contributed by atoms with Crippen LogP contribution >= 0.6 is 11.3 Å². The van der Waals surface area contributed by atoms with Gasteiger partial charge in [-0.15, -0.1) is 11.3 Å². The first-order valence-corrected chi connectivity index (χ1v) is 10.4. The molecule has 0 aromatic carbocycles. The Kier molecular flexibility index (Phi) is 6.03. The molecular formula is C19H24F4N2O2S. The van der Waals surface area contributed by atoms with Gasteiger partial charge < -0.3 is 10.6 Å². The van der Waals surface area contributed by atoms with Gasteiger partial charge in [0, 0.05) is 44.0 Å². The third-order valence-electron chi connectivity index (χ3n) is 5.90. The Morgan fingerprint density at radius 2 is 1.71 bits per heavy atom. The molecule has 0 spiro atoms.